The molecule has 2 atom stereocenters. The van der Waals surface area contributed by atoms with Gasteiger partial charge in [-0.05, 0) is 48.2 Å². The summed E-state index contributed by atoms with van der Waals surface area (Å²) in [5.74, 6) is -1.03. The zero-order valence-corrected chi connectivity index (χ0v) is 22.8. The van der Waals surface area contributed by atoms with Gasteiger partial charge in [0.25, 0.3) is 0 Å². The molecule has 0 aliphatic carbocycles. The molecular formula is C28H41FN2O3S. The van der Waals surface area contributed by atoms with Crippen LogP contribution in [-0.4, -0.2) is 53.6 Å². The number of halogens is 1. The zero-order valence-electron chi connectivity index (χ0n) is 22.0. The van der Waals surface area contributed by atoms with E-state index in [2.05, 4.69) is 13.8 Å². The Morgan fingerprint density at radius 2 is 1.54 bits per heavy atom. The molecule has 0 amide bonds. The Balaban J connectivity index is 2.42. The lowest BCUT2D eigenvalue weighted by molar-refractivity contribution is 0.0127. The van der Waals surface area contributed by atoms with Crippen LogP contribution in [0.4, 0.5) is 15.8 Å². The van der Waals surface area contributed by atoms with Crippen LogP contribution in [0.15, 0.2) is 41.3 Å². The topological polar surface area (TPSA) is 60.9 Å². The number of fused-ring (bicyclic) bond motifs is 1. The summed E-state index contributed by atoms with van der Waals surface area (Å²) in [6.45, 7) is 4.18. The first-order chi connectivity index (χ1) is 16.5. The molecule has 0 aromatic heterocycles. The molecule has 0 fully saturated rings. The quantitative estimate of drug-likeness (QED) is 0.481. The average molecular weight is 505 g/mol. The molecule has 2 aromatic rings. The van der Waals surface area contributed by atoms with Gasteiger partial charge in [0.1, 0.15) is 5.82 Å². The van der Waals surface area contributed by atoms with Crippen LogP contribution in [0.5, 0.6) is 0 Å². The van der Waals surface area contributed by atoms with Crippen molar-refractivity contribution in [1.29, 1.82) is 0 Å². The van der Waals surface area contributed by atoms with Crippen LogP contribution in [0, 0.1) is 11.2 Å². The van der Waals surface area contributed by atoms with Crippen molar-refractivity contribution >= 4 is 21.2 Å². The number of benzene rings is 2. The third-order valence-corrected chi connectivity index (χ3v) is 9.46. The average Bonchev–Trinajstić information content (AvgIpc) is 2.87. The summed E-state index contributed by atoms with van der Waals surface area (Å²) in [6.07, 6.45) is 3.86. The summed E-state index contributed by atoms with van der Waals surface area (Å²) in [4.78, 5) is 4.07. The van der Waals surface area contributed by atoms with Gasteiger partial charge in [-0.1, -0.05) is 51.7 Å². The number of aliphatic hydroxyl groups is 1. The maximum atomic E-state index is 14.2. The van der Waals surface area contributed by atoms with Crippen molar-refractivity contribution in [3.63, 3.8) is 0 Å². The molecule has 2 aromatic carbocycles. The van der Waals surface area contributed by atoms with Crippen molar-refractivity contribution < 1.29 is 17.9 Å². The van der Waals surface area contributed by atoms with Crippen molar-refractivity contribution in [3.8, 4) is 0 Å². The second-order valence-corrected chi connectivity index (χ2v) is 12.4. The van der Waals surface area contributed by atoms with Gasteiger partial charge in [0.2, 0.25) is 0 Å². The second kappa shape index (κ2) is 10.9. The molecule has 0 bridgehead atoms. The van der Waals surface area contributed by atoms with E-state index in [0.717, 1.165) is 36.9 Å². The smallest absolute Gasteiger partial charge is 0.181 e. The lowest BCUT2D eigenvalue weighted by atomic mass is 9.68. The summed E-state index contributed by atoms with van der Waals surface area (Å²) < 4.78 is 42.3. The molecule has 194 valence electrons. The van der Waals surface area contributed by atoms with Crippen molar-refractivity contribution in [3.05, 3.63) is 53.3 Å². The minimum atomic E-state index is -3.74. The van der Waals surface area contributed by atoms with Gasteiger partial charge in [0.15, 0.2) is 9.84 Å². The molecule has 5 nitrogen and oxygen atoms in total. The van der Waals surface area contributed by atoms with Gasteiger partial charge in [-0.2, -0.15) is 0 Å². The standard InChI is InChI=1S/C28H41FN2O3S/c1-7-9-15-28(16-10-8-2)19-35(33,34)26-23(17-22(30(3)4)18-24(26)31(5)6)25(27(28)32)20-11-13-21(29)14-12-20/h11-14,17-18,25,27,32H,7-10,15-16,19H2,1-6H3/t25-,27?/m1/s1. The predicted octanol–water partition coefficient (Wildman–Crippen LogP) is 5.60. The van der Waals surface area contributed by atoms with Crippen molar-refractivity contribution in [1.82, 2.24) is 0 Å². The van der Waals surface area contributed by atoms with Gasteiger partial charge >= 0.3 is 0 Å². The molecule has 1 N–H and O–H groups in total. The maximum absolute atomic E-state index is 14.2. The molecule has 1 aliphatic heterocycles. The van der Waals surface area contributed by atoms with Crippen molar-refractivity contribution in [2.24, 2.45) is 5.41 Å². The third kappa shape index (κ3) is 5.51. The van der Waals surface area contributed by atoms with Gasteiger partial charge in [-0.15, -0.1) is 0 Å². The number of hydrogen-bond donors (Lipinski definition) is 1. The van der Waals surface area contributed by atoms with Crippen LogP contribution >= 0.6 is 0 Å². The first-order valence-corrected chi connectivity index (χ1v) is 14.3. The van der Waals surface area contributed by atoms with Gasteiger partial charge in [-0.25, -0.2) is 12.8 Å². The predicted molar refractivity (Wildman–Crippen MR) is 143 cm³/mol. The molecule has 0 radical (unpaired) electrons. The monoisotopic (exact) mass is 504 g/mol. The Kier molecular flexibility index (Phi) is 8.53. The van der Waals surface area contributed by atoms with E-state index in [1.165, 1.54) is 12.1 Å². The van der Waals surface area contributed by atoms with Crippen LogP contribution in [0.2, 0.25) is 0 Å². The molecule has 1 unspecified atom stereocenters. The number of unbranched alkanes of at least 4 members (excludes halogenated alkanes) is 2. The van der Waals surface area contributed by atoms with Gasteiger partial charge in [0, 0.05) is 45.2 Å². The Hall–Kier alpha value is -2.12. The van der Waals surface area contributed by atoms with E-state index in [1.807, 2.05) is 50.1 Å². The zero-order chi connectivity index (χ0) is 26.0. The molecule has 35 heavy (non-hydrogen) atoms. The number of hydrogen-bond acceptors (Lipinski definition) is 5. The number of rotatable bonds is 9. The van der Waals surface area contributed by atoms with Crippen molar-refractivity contribution in [2.75, 3.05) is 43.7 Å². The molecule has 3 rings (SSSR count). The fraction of sp³-hybridized carbons (Fsp3) is 0.571. The van der Waals surface area contributed by atoms with Crippen LogP contribution in [-0.2, 0) is 9.84 Å². The normalized spacial score (nSPS) is 20.7. The van der Waals surface area contributed by atoms with E-state index in [9.17, 15) is 17.9 Å². The Labute approximate surface area is 210 Å². The molecule has 1 aliphatic rings. The lowest BCUT2D eigenvalue weighted by Crippen LogP contribution is -2.43. The summed E-state index contributed by atoms with van der Waals surface area (Å²) in [6, 6.07) is 9.95. The molecule has 1 heterocycles. The van der Waals surface area contributed by atoms with Gasteiger partial charge in [-0.3, -0.25) is 0 Å². The fourth-order valence-corrected chi connectivity index (χ4v) is 7.96. The highest BCUT2D eigenvalue weighted by Crippen LogP contribution is 2.52. The molecule has 0 spiro atoms. The first kappa shape index (κ1) is 27.5. The highest BCUT2D eigenvalue weighted by Gasteiger charge is 2.50. The minimum absolute atomic E-state index is 0.0893. The molecular weight excluding hydrogens is 463 g/mol. The van der Waals surface area contributed by atoms with Crippen LogP contribution < -0.4 is 9.80 Å². The Morgan fingerprint density at radius 3 is 2.03 bits per heavy atom. The Bertz CT molecular complexity index is 1110. The molecule has 7 heteroatoms. The third-order valence-electron chi connectivity index (χ3n) is 7.43. The number of nitrogens with zero attached hydrogens (tertiary/aromatic N) is 2. The van der Waals surface area contributed by atoms with E-state index < -0.39 is 27.3 Å². The summed E-state index contributed by atoms with van der Waals surface area (Å²) in [7, 11) is 3.79. The second-order valence-electron chi connectivity index (χ2n) is 10.5. The number of aliphatic hydroxyl groups excluding tert-OH is 1. The fourth-order valence-electron chi connectivity index (χ4n) is 5.49. The van der Waals surface area contributed by atoms with E-state index in [0.29, 0.717) is 24.1 Å². The maximum Gasteiger partial charge on any atom is 0.181 e. The summed E-state index contributed by atoms with van der Waals surface area (Å²) in [5.41, 5.74) is 2.01. The number of sulfone groups is 1. The van der Waals surface area contributed by atoms with E-state index in [-0.39, 0.29) is 16.5 Å². The van der Waals surface area contributed by atoms with E-state index in [1.54, 1.807) is 12.1 Å². The highest BCUT2D eigenvalue weighted by atomic mass is 32.2. The van der Waals surface area contributed by atoms with Gasteiger partial charge < -0.3 is 14.9 Å². The summed E-state index contributed by atoms with van der Waals surface area (Å²) in [5, 5.41) is 12.2. The van der Waals surface area contributed by atoms with Crippen LogP contribution in [0.1, 0.15) is 69.4 Å². The highest BCUT2D eigenvalue weighted by molar-refractivity contribution is 7.91. The molecule has 0 saturated carbocycles. The first-order valence-electron chi connectivity index (χ1n) is 12.7. The SMILES string of the molecule is CCCCC1(CCCC)CS(=O)(=O)c2c(cc(N(C)C)cc2N(C)C)[C@@H](c2ccc(F)cc2)C1O. The number of anilines is 2. The molecule has 0 saturated heterocycles. The van der Waals surface area contributed by atoms with Crippen LogP contribution in [0.25, 0.3) is 0 Å². The summed E-state index contributed by atoms with van der Waals surface area (Å²) >= 11 is 0. The van der Waals surface area contributed by atoms with Gasteiger partial charge in [0.05, 0.1) is 22.4 Å². The van der Waals surface area contributed by atoms with E-state index in [4.69, 9.17) is 0 Å². The Morgan fingerprint density at radius 1 is 0.971 bits per heavy atom. The largest absolute Gasteiger partial charge is 0.392 e. The van der Waals surface area contributed by atoms with E-state index >= 15 is 0 Å². The minimum Gasteiger partial charge on any atom is -0.392 e. The lowest BCUT2D eigenvalue weighted by Gasteiger charge is -2.40. The van der Waals surface area contributed by atoms with Crippen LogP contribution in [0.3, 0.4) is 0 Å². The van der Waals surface area contributed by atoms with Crippen molar-refractivity contribution in [2.45, 2.75) is 69.3 Å².